The lowest BCUT2D eigenvalue weighted by Crippen LogP contribution is -1.98. The molecule has 0 unspecified atom stereocenters. The smallest absolute Gasteiger partial charge is 0.137 e. The van der Waals surface area contributed by atoms with E-state index >= 15 is 0 Å². The van der Waals surface area contributed by atoms with Gasteiger partial charge >= 0.3 is 0 Å². The second kappa shape index (κ2) is 3.93. The van der Waals surface area contributed by atoms with Crippen LogP contribution in [0.3, 0.4) is 0 Å². The van der Waals surface area contributed by atoms with E-state index in [1.807, 2.05) is 13.0 Å². The van der Waals surface area contributed by atoms with Crippen molar-refractivity contribution in [1.82, 2.24) is 4.98 Å². The van der Waals surface area contributed by atoms with Crippen LogP contribution in [-0.2, 0) is 6.54 Å². The zero-order valence-corrected chi connectivity index (χ0v) is 6.58. The largest absolute Gasteiger partial charge is 0.492 e. The monoisotopic (exact) mass is 152 g/mol. The molecule has 0 saturated carbocycles. The van der Waals surface area contributed by atoms with E-state index in [4.69, 9.17) is 10.5 Å². The summed E-state index contributed by atoms with van der Waals surface area (Å²) in [7, 11) is 0. The minimum absolute atomic E-state index is 0.508. The quantitative estimate of drug-likeness (QED) is 0.701. The molecule has 0 bridgehead atoms. The molecule has 0 amide bonds. The molecule has 1 heterocycles. The van der Waals surface area contributed by atoms with Gasteiger partial charge in [0, 0.05) is 12.7 Å². The summed E-state index contributed by atoms with van der Waals surface area (Å²) in [6.45, 7) is 3.11. The van der Waals surface area contributed by atoms with Gasteiger partial charge in [-0.25, -0.2) is 0 Å². The maximum absolute atomic E-state index is 5.42. The van der Waals surface area contributed by atoms with Crippen molar-refractivity contribution in [2.24, 2.45) is 5.73 Å². The van der Waals surface area contributed by atoms with Gasteiger partial charge < -0.3 is 10.5 Å². The maximum Gasteiger partial charge on any atom is 0.137 e. The third kappa shape index (κ3) is 2.20. The van der Waals surface area contributed by atoms with E-state index in [1.54, 1.807) is 12.4 Å². The molecule has 11 heavy (non-hydrogen) atoms. The van der Waals surface area contributed by atoms with Crippen molar-refractivity contribution in [3.63, 3.8) is 0 Å². The number of nitrogens with two attached hydrogens (primary N) is 1. The van der Waals surface area contributed by atoms with E-state index < -0.39 is 0 Å². The van der Waals surface area contributed by atoms with Crippen molar-refractivity contribution < 1.29 is 4.74 Å². The van der Waals surface area contributed by atoms with Crippen molar-refractivity contribution in [1.29, 1.82) is 0 Å². The van der Waals surface area contributed by atoms with Crippen molar-refractivity contribution in [3.8, 4) is 5.75 Å². The lowest BCUT2D eigenvalue weighted by Gasteiger charge is -2.02. The molecule has 0 radical (unpaired) electrons. The van der Waals surface area contributed by atoms with Gasteiger partial charge in [0.2, 0.25) is 0 Å². The topological polar surface area (TPSA) is 48.1 Å². The average Bonchev–Trinajstić information content (AvgIpc) is 2.06. The van der Waals surface area contributed by atoms with Gasteiger partial charge in [-0.3, -0.25) is 4.98 Å². The highest BCUT2D eigenvalue weighted by Crippen LogP contribution is 2.09. The summed E-state index contributed by atoms with van der Waals surface area (Å²) in [6.07, 6.45) is 3.42. The molecule has 60 valence electrons. The Balaban J connectivity index is 2.74. The molecular weight excluding hydrogens is 140 g/mol. The first-order valence-corrected chi connectivity index (χ1v) is 3.63. The molecule has 1 rings (SSSR count). The molecular formula is C8H12N2O. The van der Waals surface area contributed by atoms with E-state index in [1.165, 1.54) is 0 Å². The molecule has 3 heteroatoms. The van der Waals surface area contributed by atoms with Gasteiger partial charge in [-0.15, -0.1) is 0 Å². The minimum Gasteiger partial charge on any atom is -0.492 e. The fourth-order valence-corrected chi connectivity index (χ4v) is 0.821. The number of hydrogen-bond donors (Lipinski definition) is 1. The first-order valence-electron chi connectivity index (χ1n) is 3.63. The van der Waals surface area contributed by atoms with E-state index in [0.717, 1.165) is 11.3 Å². The summed E-state index contributed by atoms with van der Waals surface area (Å²) in [5.74, 6) is 0.787. The molecule has 3 nitrogen and oxygen atoms in total. The number of hydrogen-bond acceptors (Lipinski definition) is 3. The molecule has 0 atom stereocenters. The third-order valence-electron chi connectivity index (χ3n) is 1.32. The summed E-state index contributed by atoms with van der Waals surface area (Å²) in [5, 5.41) is 0. The van der Waals surface area contributed by atoms with Gasteiger partial charge in [-0.2, -0.15) is 0 Å². The van der Waals surface area contributed by atoms with Crippen LogP contribution in [0.5, 0.6) is 5.75 Å². The Morgan fingerprint density at radius 3 is 3.00 bits per heavy atom. The van der Waals surface area contributed by atoms with Gasteiger partial charge in [0.05, 0.1) is 12.8 Å². The highest BCUT2D eigenvalue weighted by molar-refractivity contribution is 5.23. The van der Waals surface area contributed by atoms with Gasteiger partial charge in [0.15, 0.2) is 0 Å². The van der Waals surface area contributed by atoms with E-state index in [2.05, 4.69) is 4.98 Å². The first-order chi connectivity index (χ1) is 5.36. The standard InChI is InChI=1S/C8H12N2O/c1-2-11-8-3-7(4-9)5-10-6-8/h3,5-6H,2,4,9H2,1H3. The molecule has 1 aromatic heterocycles. The number of pyridine rings is 1. The van der Waals surface area contributed by atoms with Crippen LogP contribution in [0.4, 0.5) is 0 Å². The molecule has 0 aliphatic carbocycles. The molecule has 0 aliphatic rings. The van der Waals surface area contributed by atoms with Gasteiger partial charge in [-0.05, 0) is 18.6 Å². The molecule has 0 fully saturated rings. The van der Waals surface area contributed by atoms with Gasteiger partial charge in [0.25, 0.3) is 0 Å². The lowest BCUT2D eigenvalue weighted by atomic mass is 10.3. The number of ether oxygens (including phenoxy) is 1. The maximum atomic E-state index is 5.42. The Bertz CT molecular complexity index is 225. The van der Waals surface area contributed by atoms with Crippen molar-refractivity contribution >= 4 is 0 Å². The van der Waals surface area contributed by atoms with E-state index in [9.17, 15) is 0 Å². The summed E-state index contributed by atoms with van der Waals surface area (Å²) in [6, 6.07) is 1.90. The van der Waals surface area contributed by atoms with Crippen molar-refractivity contribution in [3.05, 3.63) is 24.0 Å². The van der Waals surface area contributed by atoms with Crippen LogP contribution in [0, 0.1) is 0 Å². The Labute approximate surface area is 66.2 Å². The van der Waals surface area contributed by atoms with Gasteiger partial charge in [-0.1, -0.05) is 0 Å². The molecule has 0 aromatic carbocycles. The van der Waals surface area contributed by atoms with Crippen LogP contribution in [-0.4, -0.2) is 11.6 Å². The van der Waals surface area contributed by atoms with Crippen LogP contribution in [0.2, 0.25) is 0 Å². The number of aromatic nitrogens is 1. The van der Waals surface area contributed by atoms with Crippen molar-refractivity contribution in [2.45, 2.75) is 13.5 Å². The first kappa shape index (κ1) is 8.01. The fourth-order valence-electron chi connectivity index (χ4n) is 0.821. The lowest BCUT2D eigenvalue weighted by molar-refractivity contribution is 0.338. The molecule has 1 aromatic rings. The second-order valence-electron chi connectivity index (χ2n) is 2.17. The Hall–Kier alpha value is -1.09. The fraction of sp³-hybridized carbons (Fsp3) is 0.375. The predicted octanol–water partition coefficient (Wildman–Crippen LogP) is 0.939. The highest BCUT2D eigenvalue weighted by atomic mass is 16.5. The number of rotatable bonds is 3. The molecule has 0 saturated heterocycles. The summed E-state index contributed by atoms with van der Waals surface area (Å²) in [5.41, 5.74) is 6.42. The Kier molecular flexibility index (Phi) is 2.86. The number of nitrogens with zero attached hydrogens (tertiary/aromatic N) is 1. The zero-order chi connectivity index (χ0) is 8.10. The summed E-state index contributed by atoms with van der Waals surface area (Å²) in [4.78, 5) is 3.97. The summed E-state index contributed by atoms with van der Waals surface area (Å²) < 4.78 is 5.23. The Morgan fingerprint density at radius 2 is 2.36 bits per heavy atom. The second-order valence-corrected chi connectivity index (χ2v) is 2.17. The zero-order valence-electron chi connectivity index (χ0n) is 6.58. The third-order valence-corrected chi connectivity index (χ3v) is 1.32. The van der Waals surface area contributed by atoms with Crippen LogP contribution >= 0.6 is 0 Å². The van der Waals surface area contributed by atoms with Gasteiger partial charge in [0.1, 0.15) is 5.75 Å². The molecule has 2 N–H and O–H groups in total. The van der Waals surface area contributed by atoms with E-state index in [0.29, 0.717) is 13.2 Å². The van der Waals surface area contributed by atoms with Crippen LogP contribution in [0.25, 0.3) is 0 Å². The average molecular weight is 152 g/mol. The normalized spacial score (nSPS) is 9.64. The predicted molar refractivity (Wildman–Crippen MR) is 43.3 cm³/mol. The molecule has 0 spiro atoms. The van der Waals surface area contributed by atoms with Crippen LogP contribution < -0.4 is 10.5 Å². The van der Waals surface area contributed by atoms with E-state index in [-0.39, 0.29) is 0 Å². The SMILES string of the molecule is CCOc1cncc(CN)c1. The highest BCUT2D eigenvalue weighted by Gasteiger charge is 1.93. The Morgan fingerprint density at radius 1 is 1.55 bits per heavy atom. The molecule has 0 aliphatic heterocycles. The van der Waals surface area contributed by atoms with Crippen LogP contribution in [0.1, 0.15) is 12.5 Å². The summed E-state index contributed by atoms with van der Waals surface area (Å²) >= 11 is 0. The minimum atomic E-state index is 0.508. The van der Waals surface area contributed by atoms with Crippen LogP contribution in [0.15, 0.2) is 18.5 Å². The van der Waals surface area contributed by atoms with Crippen molar-refractivity contribution in [2.75, 3.05) is 6.61 Å².